The van der Waals surface area contributed by atoms with Gasteiger partial charge in [-0.2, -0.15) is 5.10 Å². The lowest BCUT2D eigenvalue weighted by molar-refractivity contribution is 0.0518. The topological polar surface area (TPSA) is 57.0 Å². The van der Waals surface area contributed by atoms with Crippen molar-refractivity contribution in [2.24, 2.45) is 0 Å². The number of hydrogen-bond donors (Lipinski definition) is 0. The Kier molecular flexibility index (Phi) is 3.94. The third-order valence-corrected chi connectivity index (χ3v) is 2.67. The second-order valence-electron chi connectivity index (χ2n) is 4.42. The van der Waals surface area contributed by atoms with Crippen LogP contribution in [0.4, 0.5) is 0 Å². The van der Waals surface area contributed by atoms with Crippen molar-refractivity contribution in [3.8, 4) is 11.3 Å². The fraction of sp³-hybridized carbons (Fsp3) is 0.357. The zero-order valence-electron chi connectivity index (χ0n) is 11.3. The lowest BCUT2D eigenvalue weighted by Gasteiger charge is -2.10. The van der Waals surface area contributed by atoms with Crippen LogP contribution in [0.3, 0.4) is 0 Å². The van der Waals surface area contributed by atoms with E-state index in [-0.39, 0.29) is 6.04 Å². The molecular weight excluding hydrogens is 242 g/mol. The first-order chi connectivity index (χ1) is 9.13. The molecule has 0 atom stereocenters. The molecule has 2 aromatic rings. The monoisotopic (exact) mass is 259 g/mol. The van der Waals surface area contributed by atoms with Gasteiger partial charge < -0.3 is 4.74 Å². The number of carbonyl (C=O) groups is 1. The van der Waals surface area contributed by atoms with Crippen molar-refractivity contribution in [3.63, 3.8) is 0 Å². The van der Waals surface area contributed by atoms with Gasteiger partial charge in [-0.25, -0.2) is 4.79 Å². The normalized spacial score (nSPS) is 10.7. The minimum Gasteiger partial charge on any atom is -0.461 e. The van der Waals surface area contributed by atoms with E-state index in [1.807, 2.05) is 30.7 Å². The van der Waals surface area contributed by atoms with E-state index in [0.717, 1.165) is 11.3 Å². The average molecular weight is 259 g/mol. The first-order valence-corrected chi connectivity index (χ1v) is 6.30. The Hall–Kier alpha value is -2.17. The summed E-state index contributed by atoms with van der Waals surface area (Å²) in [6.07, 6.45) is 3.47. The Morgan fingerprint density at radius 1 is 1.47 bits per heavy atom. The van der Waals surface area contributed by atoms with E-state index in [0.29, 0.717) is 12.3 Å². The maximum absolute atomic E-state index is 11.8. The summed E-state index contributed by atoms with van der Waals surface area (Å²) in [6.45, 7) is 6.15. The van der Waals surface area contributed by atoms with Gasteiger partial charge in [0.05, 0.1) is 12.3 Å². The molecule has 0 spiro atoms. The maximum Gasteiger partial charge on any atom is 0.358 e. The van der Waals surface area contributed by atoms with Gasteiger partial charge in [0.25, 0.3) is 0 Å². The number of nitrogens with zero attached hydrogens (tertiary/aromatic N) is 3. The standard InChI is InChI=1S/C14H17N3O2/c1-4-19-14(18)12-8-13(17(16-12)10(2)3)11-6-5-7-15-9-11/h5-10H,4H2,1-3H3. The van der Waals surface area contributed by atoms with Crippen molar-refractivity contribution in [3.05, 3.63) is 36.3 Å². The van der Waals surface area contributed by atoms with E-state index < -0.39 is 5.97 Å². The lowest BCUT2D eigenvalue weighted by Crippen LogP contribution is -2.09. The maximum atomic E-state index is 11.8. The Morgan fingerprint density at radius 3 is 2.84 bits per heavy atom. The van der Waals surface area contributed by atoms with Gasteiger partial charge in [0.2, 0.25) is 0 Å². The van der Waals surface area contributed by atoms with Crippen LogP contribution in [0.2, 0.25) is 0 Å². The van der Waals surface area contributed by atoms with Crippen molar-refractivity contribution in [2.45, 2.75) is 26.8 Å². The minimum atomic E-state index is -0.396. The van der Waals surface area contributed by atoms with Crippen molar-refractivity contribution < 1.29 is 9.53 Å². The molecule has 0 N–H and O–H groups in total. The van der Waals surface area contributed by atoms with E-state index in [9.17, 15) is 4.79 Å². The van der Waals surface area contributed by atoms with Gasteiger partial charge in [-0.1, -0.05) is 0 Å². The summed E-state index contributed by atoms with van der Waals surface area (Å²) in [6, 6.07) is 5.70. The molecule has 0 amide bonds. The van der Waals surface area contributed by atoms with Crippen LogP contribution in [-0.2, 0) is 4.74 Å². The second kappa shape index (κ2) is 5.65. The predicted octanol–water partition coefficient (Wildman–Crippen LogP) is 2.70. The average Bonchev–Trinajstić information content (AvgIpc) is 2.85. The van der Waals surface area contributed by atoms with E-state index >= 15 is 0 Å². The molecule has 2 heterocycles. The van der Waals surface area contributed by atoms with E-state index in [1.54, 1.807) is 25.4 Å². The highest BCUT2D eigenvalue weighted by Crippen LogP contribution is 2.23. The van der Waals surface area contributed by atoms with Gasteiger partial charge in [-0.15, -0.1) is 0 Å². The summed E-state index contributed by atoms with van der Waals surface area (Å²) < 4.78 is 6.79. The lowest BCUT2D eigenvalue weighted by atomic mass is 10.2. The van der Waals surface area contributed by atoms with E-state index in [2.05, 4.69) is 10.1 Å². The van der Waals surface area contributed by atoms with Crippen LogP contribution in [-0.4, -0.2) is 27.3 Å². The molecule has 2 aromatic heterocycles. The molecular formula is C14H17N3O2. The molecule has 0 bridgehead atoms. The van der Waals surface area contributed by atoms with Gasteiger partial charge in [0, 0.05) is 24.0 Å². The molecule has 0 aliphatic rings. The smallest absolute Gasteiger partial charge is 0.358 e. The molecule has 5 nitrogen and oxygen atoms in total. The highest BCUT2D eigenvalue weighted by atomic mass is 16.5. The summed E-state index contributed by atoms with van der Waals surface area (Å²) in [4.78, 5) is 15.8. The number of aromatic nitrogens is 3. The number of carbonyl (C=O) groups excluding carboxylic acids is 1. The number of pyridine rings is 1. The Bertz CT molecular complexity index is 561. The molecule has 0 aliphatic heterocycles. The van der Waals surface area contributed by atoms with Crippen LogP contribution in [0.25, 0.3) is 11.3 Å². The molecule has 0 aromatic carbocycles. The molecule has 0 saturated carbocycles. The third kappa shape index (κ3) is 2.81. The van der Waals surface area contributed by atoms with Crippen LogP contribution >= 0.6 is 0 Å². The molecule has 2 rings (SSSR count). The van der Waals surface area contributed by atoms with Crippen LogP contribution < -0.4 is 0 Å². The highest BCUT2D eigenvalue weighted by Gasteiger charge is 2.17. The molecule has 0 fully saturated rings. The Balaban J connectivity index is 2.45. The number of ether oxygens (including phenoxy) is 1. The quantitative estimate of drug-likeness (QED) is 0.792. The van der Waals surface area contributed by atoms with Gasteiger partial charge in [0.15, 0.2) is 5.69 Å². The zero-order valence-corrected chi connectivity index (χ0v) is 11.3. The van der Waals surface area contributed by atoms with Crippen LogP contribution in [0, 0.1) is 0 Å². The van der Waals surface area contributed by atoms with E-state index in [4.69, 9.17) is 4.74 Å². The summed E-state index contributed by atoms with van der Waals surface area (Å²) in [5.74, 6) is -0.396. The molecule has 0 radical (unpaired) electrons. The SMILES string of the molecule is CCOC(=O)c1cc(-c2cccnc2)n(C(C)C)n1. The van der Waals surface area contributed by atoms with Gasteiger partial charge >= 0.3 is 5.97 Å². The zero-order chi connectivity index (χ0) is 13.8. The second-order valence-corrected chi connectivity index (χ2v) is 4.42. The van der Waals surface area contributed by atoms with E-state index in [1.165, 1.54) is 0 Å². The molecule has 0 aliphatic carbocycles. The Morgan fingerprint density at radius 2 is 2.26 bits per heavy atom. The van der Waals surface area contributed by atoms with Crippen LogP contribution in [0.5, 0.6) is 0 Å². The summed E-state index contributed by atoms with van der Waals surface area (Å²) in [7, 11) is 0. The number of hydrogen-bond acceptors (Lipinski definition) is 4. The summed E-state index contributed by atoms with van der Waals surface area (Å²) >= 11 is 0. The minimum absolute atomic E-state index is 0.151. The fourth-order valence-electron chi connectivity index (χ4n) is 1.82. The van der Waals surface area contributed by atoms with Gasteiger partial charge in [0.1, 0.15) is 0 Å². The Labute approximate surface area is 112 Å². The predicted molar refractivity (Wildman–Crippen MR) is 71.8 cm³/mol. The van der Waals surface area contributed by atoms with Crippen molar-refractivity contribution in [2.75, 3.05) is 6.61 Å². The summed E-state index contributed by atoms with van der Waals surface area (Å²) in [5.41, 5.74) is 2.12. The van der Waals surface area contributed by atoms with Crippen LogP contribution in [0.1, 0.15) is 37.3 Å². The molecule has 0 unspecified atom stereocenters. The van der Waals surface area contributed by atoms with Gasteiger partial charge in [-0.05, 0) is 39.0 Å². The fourth-order valence-corrected chi connectivity index (χ4v) is 1.82. The molecule has 19 heavy (non-hydrogen) atoms. The first-order valence-electron chi connectivity index (χ1n) is 6.30. The molecule has 0 saturated heterocycles. The summed E-state index contributed by atoms with van der Waals surface area (Å²) in [5, 5.41) is 4.32. The third-order valence-electron chi connectivity index (χ3n) is 2.67. The van der Waals surface area contributed by atoms with Crippen LogP contribution in [0.15, 0.2) is 30.6 Å². The number of esters is 1. The number of rotatable bonds is 4. The largest absolute Gasteiger partial charge is 0.461 e. The van der Waals surface area contributed by atoms with Crippen molar-refractivity contribution in [1.29, 1.82) is 0 Å². The van der Waals surface area contributed by atoms with Gasteiger partial charge in [-0.3, -0.25) is 9.67 Å². The van der Waals surface area contributed by atoms with Crippen molar-refractivity contribution >= 4 is 5.97 Å². The highest BCUT2D eigenvalue weighted by molar-refractivity contribution is 5.88. The molecule has 100 valence electrons. The first kappa shape index (κ1) is 13.3. The molecule has 5 heteroatoms. The van der Waals surface area contributed by atoms with Crippen molar-refractivity contribution in [1.82, 2.24) is 14.8 Å².